The van der Waals surface area contributed by atoms with Gasteiger partial charge >= 0.3 is 0 Å². The number of hydrogen-bond acceptors (Lipinski definition) is 3. The second kappa shape index (κ2) is 5.98. The number of halogens is 1. The Labute approximate surface area is 145 Å². The lowest BCUT2D eigenvalue weighted by Crippen LogP contribution is -2.07. The van der Waals surface area contributed by atoms with Crippen molar-refractivity contribution in [1.29, 1.82) is 0 Å². The Morgan fingerprint density at radius 2 is 1.67 bits per heavy atom. The lowest BCUT2D eigenvalue weighted by atomic mass is 10.0. The molecule has 0 radical (unpaired) electrons. The molecule has 0 saturated carbocycles. The minimum atomic E-state index is -0.217. The highest BCUT2D eigenvalue weighted by Crippen LogP contribution is 2.39. The van der Waals surface area contributed by atoms with Crippen LogP contribution in [0.15, 0.2) is 53.7 Å². The molecule has 1 aliphatic rings. The second-order valence-corrected chi connectivity index (χ2v) is 7.10. The third kappa shape index (κ3) is 2.59. The molecule has 0 aliphatic carbocycles. The summed E-state index contributed by atoms with van der Waals surface area (Å²) < 4.78 is 15.6. The molecule has 24 heavy (non-hydrogen) atoms. The van der Waals surface area contributed by atoms with Gasteiger partial charge in [-0.1, -0.05) is 23.9 Å². The zero-order chi connectivity index (χ0) is 16.7. The van der Waals surface area contributed by atoms with Crippen LogP contribution in [0.3, 0.4) is 0 Å². The fourth-order valence-electron chi connectivity index (χ4n) is 3.00. The van der Waals surface area contributed by atoms with Crippen molar-refractivity contribution < 1.29 is 4.39 Å². The molecule has 4 rings (SSSR count). The minimum Gasteiger partial charge on any atom is -0.378 e. The third-order valence-electron chi connectivity index (χ3n) is 4.25. The van der Waals surface area contributed by atoms with Gasteiger partial charge in [0, 0.05) is 43.2 Å². The lowest BCUT2D eigenvalue weighted by molar-refractivity contribution is 0.628. The summed E-state index contributed by atoms with van der Waals surface area (Å²) in [6.07, 6.45) is 0. The van der Waals surface area contributed by atoms with Crippen molar-refractivity contribution >= 4 is 17.4 Å². The molecular weight excluding hydrogens is 321 g/mol. The standard InChI is InChI=1S/C19H18FN3S/c1-22(2)16-9-5-13(6-10-16)17-18(14-3-7-15(20)8-4-14)23-11-12-24-19(23)21-17/h3-10H,11-12H2,1-2H3. The van der Waals surface area contributed by atoms with E-state index >= 15 is 0 Å². The molecule has 5 heteroatoms. The Morgan fingerprint density at radius 1 is 1.00 bits per heavy atom. The Balaban J connectivity index is 1.85. The molecule has 0 fully saturated rings. The number of anilines is 1. The van der Waals surface area contributed by atoms with Crippen LogP contribution in [0.25, 0.3) is 22.5 Å². The zero-order valence-corrected chi connectivity index (χ0v) is 14.5. The van der Waals surface area contributed by atoms with Crippen LogP contribution in [0.1, 0.15) is 0 Å². The van der Waals surface area contributed by atoms with Crippen molar-refractivity contribution in [3.05, 3.63) is 54.3 Å². The molecule has 0 atom stereocenters. The number of nitrogens with zero attached hydrogens (tertiary/aromatic N) is 3. The second-order valence-electron chi connectivity index (χ2n) is 6.04. The van der Waals surface area contributed by atoms with E-state index in [1.54, 1.807) is 11.8 Å². The molecule has 0 spiro atoms. The van der Waals surface area contributed by atoms with Crippen LogP contribution in [0.4, 0.5) is 10.1 Å². The Morgan fingerprint density at radius 3 is 2.33 bits per heavy atom. The maximum Gasteiger partial charge on any atom is 0.169 e. The summed E-state index contributed by atoms with van der Waals surface area (Å²) >= 11 is 1.77. The smallest absolute Gasteiger partial charge is 0.169 e. The molecule has 2 aromatic carbocycles. The van der Waals surface area contributed by atoms with E-state index in [2.05, 4.69) is 33.7 Å². The largest absolute Gasteiger partial charge is 0.378 e. The highest BCUT2D eigenvalue weighted by molar-refractivity contribution is 7.99. The number of thioether (sulfide) groups is 1. The van der Waals surface area contributed by atoms with E-state index in [1.807, 2.05) is 26.2 Å². The van der Waals surface area contributed by atoms with Crippen LogP contribution in [0.2, 0.25) is 0 Å². The predicted octanol–water partition coefficient (Wildman–Crippen LogP) is 4.53. The van der Waals surface area contributed by atoms with E-state index in [0.717, 1.165) is 45.7 Å². The van der Waals surface area contributed by atoms with Gasteiger partial charge in [0.1, 0.15) is 5.82 Å². The number of imidazole rings is 1. The van der Waals surface area contributed by atoms with Crippen molar-refractivity contribution in [2.45, 2.75) is 11.7 Å². The molecule has 1 aliphatic heterocycles. The third-order valence-corrected chi connectivity index (χ3v) is 5.21. The van der Waals surface area contributed by atoms with Gasteiger partial charge in [-0.25, -0.2) is 9.37 Å². The average Bonchev–Trinajstić information content (AvgIpc) is 3.17. The van der Waals surface area contributed by atoms with Crippen molar-refractivity contribution in [2.75, 3.05) is 24.7 Å². The summed E-state index contributed by atoms with van der Waals surface area (Å²) in [5.74, 6) is 0.822. The van der Waals surface area contributed by atoms with Crippen LogP contribution in [0, 0.1) is 5.82 Å². The zero-order valence-electron chi connectivity index (χ0n) is 13.7. The van der Waals surface area contributed by atoms with Crippen LogP contribution >= 0.6 is 11.8 Å². The van der Waals surface area contributed by atoms with E-state index in [0.29, 0.717) is 0 Å². The predicted molar refractivity (Wildman–Crippen MR) is 98.1 cm³/mol. The number of aromatic nitrogens is 2. The first-order valence-electron chi connectivity index (χ1n) is 7.90. The van der Waals surface area contributed by atoms with E-state index in [4.69, 9.17) is 4.98 Å². The van der Waals surface area contributed by atoms with Gasteiger partial charge < -0.3 is 9.47 Å². The summed E-state index contributed by atoms with van der Waals surface area (Å²) in [4.78, 5) is 6.93. The van der Waals surface area contributed by atoms with Crippen LogP contribution in [-0.2, 0) is 6.54 Å². The average molecular weight is 339 g/mol. The highest BCUT2D eigenvalue weighted by atomic mass is 32.2. The molecule has 0 saturated heterocycles. The monoisotopic (exact) mass is 339 g/mol. The van der Waals surface area contributed by atoms with Gasteiger partial charge in [-0.15, -0.1) is 0 Å². The van der Waals surface area contributed by atoms with Crippen molar-refractivity contribution in [3.8, 4) is 22.5 Å². The van der Waals surface area contributed by atoms with Gasteiger partial charge in [-0.05, 0) is 36.4 Å². The fraction of sp³-hybridized carbons (Fsp3) is 0.211. The number of fused-ring (bicyclic) bond motifs is 1. The van der Waals surface area contributed by atoms with Gasteiger partial charge in [-0.3, -0.25) is 0 Å². The minimum absolute atomic E-state index is 0.217. The summed E-state index contributed by atoms with van der Waals surface area (Å²) in [5, 5.41) is 1.04. The Bertz CT molecular complexity index is 867. The van der Waals surface area contributed by atoms with E-state index in [9.17, 15) is 4.39 Å². The Hall–Kier alpha value is -2.27. The van der Waals surface area contributed by atoms with E-state index in [1.165, 1.54) is 12.1 Å². The number of hydrogen-bond donors (Lipinski definition) is 0. The van der Waals surface area contributed by atoms with Crippen LogP contribution in [0.5, 0.6) is 0 Å². The molecule has 2 heterocycles. The first kappa shape index (κ1) is 15.3. The van der Waals surface area contributed by atoms with Crippen LogP contribution < -0.4 is 4.90 Å². The highest BCUT2D eigenvalue weighted by Gasteiger charge is 2.23. The van der Waals surface area contributed by atoms with Crippen molar-refractivity contribution in [3.63, 3.8) is 0 Å². The van der Waals surface area contributed by atoms with Gasteiger partial charge in [0.05, 0.1) is 11.4 Å². The molecular formula is C19H18FN3S. The summed E-state index contributed by atoms with van der Waals surface area (Å²) in [6.45, 7) is 0.940. The maximum absolute atomic E-state index is 13.3. The quantitative estimate of drug-likeness (QED) is 0.700. The molecule has 0 bridgehead atoms. The lowest BCUT2D eigenvalue weighted by Gasteiger charge is -2.13. The molecule has 0 N–H and O–H groups in total. The SMILES string of the molecule is CN(C)c1ccc(-c2nc3n(c2-c2ccc(F)cc2)CCS3)cc1. The van der Waals surface area contributed by atoms with E-state index < -0.39 is 0 Å². The van der Waals surface area contributed by atoms with Gasteiger partial charge in [0.15, 0.2) is 5.16 Å². The van der Waals surface area contributed by atoms with Crippen molar-refractivity contribution in [1.82, 2.24) is 9.55 Å². The van der Waals surface area contributed by atoms with Crippen molar-refractivity contribution in [2.24, 2.45) is 0 Å². The Kier molecular flexibility index (Phi) is 3.81. The first-order chi connectivity index (χ1) is 11.6. The molecule has 0 unspecified atom stereocenters. The summed E-state index contributed by atoms with van der Waals surface area (Å²) in [6, 6.07) is 15.1. The first-order valence-corrected chi connectivity index (χ1v) is 8.89. The molecule has 122 valence electrons. The molecule has 0 amide bonds. The fourth-order valence-corrected chi connectivity index (χ4v) is 3.95. The summed E-state index contributed by atoms with van der Waals surface area (Å²) in [7, 11) is 4.06. The summed E-state index contributed by atoms with van der Waals surface area (Å²) in [5.41, 5.74) is 5.29. The maximum atomic E-state index is 13.3. The molecule has 1 aromatic heterocycles. The van der Waals surface area contributed by atoms with Gasteiger partial charge in [0.2, 0.25) is 0 Å². The normalized spacial score (nSPS) is 13.1. The topological polar surface area (TPSA) is 21.1 Å². The van der Waals surface area contributed by atoms with Crippen LogP contribution in [-0.4, -0.2) is 29.4 Å². The number of benzene rings is 2. The number of rotatable bonds is 3. The van der Waals surface area contributed by atoms with Gasteiger partial charge in [-0.2, -0.15) is 0 Å². The van der Waals surface area contributed by atoms with E-state index in [-0.39, 0.29) is 5.82 Å². The molecule has 3 aromatic rings. The van der Waals surface area contributed by atoms with Gasteiger partial charge in [0.25, 0.3) is 0 Å². The molecule has 3 nitrogen and oxygen atoms in total.